The largest absolute Gasteiger partial charge is 0.492 e. The number of hydrogen-bond donors (Lipinski definition) is 1. The number of nitrogens with one attached hydrogen (secondary N) is 1. The predicted octanol–water partition coefficient (Wildman–Crippen LogP) is 5.81. The van der Waals surface area contributed by atoms with Crippen molar-refractivity contribution in [3.8, 4) is 5.75 Å². The Kier molecular flexibility index (Phi) is 7.68. The molecule has 6 nitrogen and oxygen atoms in total. The molecule has 0 saturated carbocycles. The van der Waals surface area contributed by atoms with Gasteiger partial charge in [-0.15, -0.1) is 0 Å². The first kappa shape index (κ1) is 22.9. The van der Waals surface area contributed by atoms with Crippen LogP contribution in [-0.4, -0.2) is 28.6 Å². The molecule has 0 aliphatic carbocycles. The number of amides is 1. The summed E-state index contributed by atoms with van der Waals surface area (Å²) < 4.78 is 13.3. The lowest BCUT2D eigenvalue weighted by molar-refractivity contribution is 0.0925. The zero-order valence-corrected chi connectivity index (χ0v) is 19.5. The molecule has 0 fully saturated rings. The van der Waals surface area contributed by atoms with Crippen LogP contribution in [0.15, 0.2) is 65.3 Å². The van der Waals surface area contributed by atoms with Gasteiger partial charge in [0.25, 0.3) is 5.91 Å². The summed E-state index contributed by atoms with van der Waals surface area (Å²) in [6.07, 6.45) is 5.29. The average molecular weight is 466 g/mol. The van der Waals surface area contributed by atoms with Crippen LogP contribution in [0.2, 0.25) is 5.02 Å². The number of rotatable bonds is 11. The molecule has 172 valence electrons. The molecule has 2 aromatic heterocycles. The SMILES string of the molecule is Cc1cc(OCCn2c(CCCCCNC(=O)c3ccco3)nc3ccccc32)ccc1Cl. The van der Waals surface area contributed by atoms with E-state index in [9.17, 15) is 4.79 Å². The van der Waals surface area contributed by atoms with Gasteiger partial charge in [0, 0.05) is 18.0 Å². The smallest absolute Gasteiger partial charge is 0.286 e. The van der Waals surface area contributed by atoms with Crippen molar-refractivity contribution in [3.05, 3.63) is 83.0 Å². The highest BCUT2D eigenvalue weighted by atomic mass is 35.5. The number of unbranched alkanes of at least 4 members (excludes halogenated alkanes) is 2. The van der Waals surface area contributed by atoms with Crippen LogP contribution in [0, 0.1) is 6.92 Å². The van der Waals surface area contributed by atoms with Gasteiger partial charge in [-0.1, -0.05) is 30.2 Å². The maximum absolute atomic E-state index is 11.9. The molecule has 0 saturated heterocycles. The number of hydrogen-bond acceptors (Lipinski definition) is 4. The Hall–Kier alpha value is -3.25. The summed E-state index contributed by atoms with van der Waals surface area (Å²) in [4.78, 5) is 16.8. The fraction of sp³-hybridized carbons (Fsp3) is 0.308. The van der Waals surface area contributed by atoms with Crippen LogP contribution in [0.4, 0.5) is 0 Å². The van der Waals surface area contributed by atoms with Crippen LogP contribution in [0.25, 0.3) is 11.0 Å². The lowest BCUT2D eigenvalue weighted by Crippen LogP contribution is -2.23. The van der Waals surface area contributed by atoms with Gasteiger partial charge in [0.15, 0.2) is 5.76 Å². The normalized spacial score (nSPS) is 11.1. The highest BCUT2D eigenvalue weighted by molar-refractivity contribution is 6.31. The zero-order chi connectivity index (χ0) is 23.0. The molecular weight excluding hydrogens is 438 g/mol. The molecular formula is C26H28ClN3O3. The molecule has 0 radical (unpaired) electrons. The summed E-state index contributed by atoms with van der Waals surface area (Å²) >= 11 is 6.11. The van der Waals surface area contributed by atoms with Crippen molar-refractivity contribution in [2.75, 3.05) is 13.2 Å². The molecule has 1 N–H and O–H groups in total. The highest BCUT2D eigenvalue weighted by Gasteiger charge is 2.11. The van der Waals surface area contributed by atoms with E-state index in [1.807, 2.05) is 43.3 Å². The standard InChI is InChI=1S/C26H28ClN3O3/c1-19-18-20(12-13-21(19)27)32-17-15-30-23-9-5-4-8-22(23)29-25(30)11-3-2-6-14-28-26(31)24-10-7-16-33-24/h4-5,7-10,12-13,16,18H,2-3,6,11,14-15,17H2,1H3,(H,28,31). The topological polar surface area (TPSA) is 69.3 Å². The third-order valence-electron chi connectivity index (χ3n) is 5.55. The van der Waals surface area contributed by atoms with E-state index in [0.29, 0.717) is 18.9 Å². The van der Waals surface area contributed by atoms with E-state index >= 15 is 0 Å². The number of fused-ring (bicyclic) bond motifs is 1. The number of carbonyl (C=O) groups excluding carboxylic acids is 1. The van der Waals surface area contributed by atoms with Crippen LogP contribution in [0.5, 0.6) is 5.75 Å². The van der Waals surface area contributed by atoms with Crippen molar-refractivity contribution in [3.63, 3.8) is 0 Å². The van der Waals surface area contributed by atoms with Gasteiger partial charge in [-0.2, -0.15) is 0 Å². The van der Waals surface area contributed by atoms with Crippen molar-refractivity contribution in [1.29, 1.82) is 0 Å². The van der Waals surface area contributed by atoms with E-state index in [1.54, 1.807) is 12.1 Å². The number of para-hydroxylation sites is 2. The molecule has 0 atom stereocenters. The molecule has 7 heteroatoms. The van der Waals surface area contributed by atoms with Crippen molar-refractivity contribution >= 4 is 28.5 Å². The molecule has 4 rings (SSSR count). The maximum Gasteiger partial charge on any atom is 0.286 e. The lowest BCUT2D eigenvalue weighted by atomic mass is 10.2. The molecule has 0 unspecified atom stereocenters. The Morgan fingerprint density at radius 3 is 2.82 bits per heavy atom. The monoisotopic (exact) mass is 465 g/mol. The van der Waals surface area contributed by atoms with Gasteiger partial charge in [0.2, 0.25) is 0 Å². The molecule has 33 heavy (non-hydrogen) atoms. The first-order valence-corrected chi connectivity index (χ1v) is 11.6. The predicted molar refractivity (Wildman–Crippen MR) is 130 cm³/mol. The third kappa shape index (κ3) is 5.96. The second-order valence-corrected chi connectivity index (χ2v) is 8.38. The molecule has 0 aliphatic rings. The Labute approximate surface area is 198 Å². The molecule has 1 amide bonds. The van der Waals surface area contributed by atoms with E-state index in [2.05, 4.69) is 16.0 Å². The van der Waals surface area contributed by atoms with Crippen LogP contribution < -0.4 is 10.1 Å². The van der Waals surface area contributed by atoms with Crippen molar-refractivity contribution < 1.29 is 13.9 Å². The summed E-state index contributed by atoms with van der Waals surface area (Å²) in [6, 6.07) is 17.3. The Morgan fingerprint density at radius 1 is 1.12 bits per heavy atom. The van der Waals surface area contributed by atoms with Gasteiger partial charge in [-0.05, 0) is 67.8 Å². The van der Waals surface area contributed by atoms with Crippen molar-refractivity contribution in [2.45, 2.75) is 39.2 Å². The number of furan rings is 1. The minimum atomic E-state index is -0.169. The van der Waals surface area contributed by atoms with Crippen LogP contribution in [0.1, 0.15) is 41.2 Å². The van der Waals surface area contributed by atoms with E-state index in [1.165, 1.54) is 6.26 Å². The van der Waals surface area contributed by atoms with Crippen molar-refractivity contribution in [2.24, 2.45) is 0 Å². The minimum absolute atomic E-state index is 0.169. The molecule has 0 spiro atoms. The number of ether oxygens (including phenoxy) is 1. The van der Waals surface area contributed by atoms with Gasteiger partial charge in [0.1, 0.15) is 18.2 Å². The summed E-state index contributed by atoms with van der Waals surface area (Å²) in [5, 5.41) is 3.63. The second kappa shape index (κ2) is 11.1. The molecule has 2 aromatic carbocycles. The minimum Gasteiger partial charge on any atom is -0.492 e. The number of nitrogens with zero attached hydrogens (tertiary/aromatic N) is 2. The summed E-state index contributed by atoms with van der Waals surface area (Å²) in [5.41, 5.74) is 3.12. The number of benzene rings is 2. The molecule has 0 bridgehead atoms. The lowest BCUT2D eigenvalue weighted by Gasteiger charge is -2.12. The summed E-state index contributed by atoms with van der Waals surface area (Å²) in [7, 11) is 0. The Bertz CT molecular complexity index is 1200. The fourth-order valence-electron chi connectivity index (χ4n) is 3.81. The molecule has 0 aliphatic heterocycles. The van der Waals surface area contributed by atoms with Crippen LogP contribution in [0.3, 0.4) is 0 Å². The molecule has 4 aromatic rings. The first-order valence-electron chi connectivity index (χ1n) is 11.3. The fourth-order valence-corrected chi connectivity index (χ4v) is 3.93. The van der Waals surface area contributed by atoms with E-state index < -0.39 is 0 Å². The summed E-state index contributed by atoms with van der Waals surface area (Å²) in [5.74, 6) is 2.06. The third-order valence-corrected chi connectivity index (χ3v) is 5.98. The highest BCUT2D eigenvalue weighted by Crippen LogP contribution is 2.22. The number of imidazole rings is 1. The summed E-state index contributed by atoms with van der Waals surface area (Å²) in [6.45, 7) is 3.87. The quantitative estimate of drug-likeness (QED) is 0.284. The van der Waals surface area contributed by atoms with Gasteiger partial charge >= 0.3 is 0 Å². The van der Waals surface area contributed by atoms with Gasteiger partial charge < -0.3 is 19.0 Å². The number of halogens is 1. The van der Waals surface area contributed by atoms with Gasteiger partial charge in [0.05, 0.1) is 23.8 Å². The molecule has 2 heterocycles. The number of carbonyl (C=O) groups is 1. The van der Waals surface area contributed by atoms with E-state index in [0.717, 1.165) is 65.4 Å². The van der Waals surface area contributed by atoms with Crippen molar-refractivity contribution in [1.82, 2.24) is 14.9 Å². The van der Waals surface area contributed by atoms with Gasteiger partial charge in [-0.3, -0.25) is 4.79 Å². The Balaban J connectivity index is 1.29. The van der Waals surface area contributed by atoms with Crippen LogP contribution in [-0.2, 0) is 13.0 Å². The Morgan fingerprint density at radius 2 is 2.00 bits per heavy atom. The van der Waals surface area contributed by atoms with E-state index in [-0.39, 0.29) is 5.91 Å². The van der Waals surface area contributed by atoms with Crippen LogP contribution >= 0.6 is 11.6 Å². The number of aromatic nitrogens is 2. The first-order chi connectivity index (χ1) is 16.1. The van der Waals surface area contributed by atoms with E-state index in [4.69, 9.17) is 25.7 Å². The second-order valence-electron chi connectivity index (χ2n) is 7.97. The van der Waals surface area contributed by atoms with Gasteiger partial charge in [-0.25, -0.2) is 4.98 Å². The maximum atomic E-state index is 11.9. The average Bonchev–Trinajstić information content (AvgIpc) is 3.47. The zero-order valence-electron chi connectivity index (χ0n) is 18.7. The number of aryl methyl sites for hydroxylation is 2.